The minimum atomic E-state index is 0. The number of carbonyl (C=O) groups is 1. The molecule has 0 spiro atoms. The van der Waals surface area contributed by atoms with Gasteiger partial charge < -0.3 is 14.8 Å². The Hall–Kier alpha value is -1.00. The number of nitrogens with one attached hydrogen (secondary N) is 1. The second-order valence-corrected chi connectivity index (χ2v) is 6.73. The van der Waals surface area contributed by atoms with Gasteiger partial charge in [-0.1, -0.05) is 6.92 Å². The lowest BCUT2D eigenvalue weighted by Gasteiger charge is -2.34. The Kier molecular flexibility index (Phi) is 7.62. The van der Waals surface area contributed by atoms with E-state index < -0.39 is 0 Å². The van der Waals surface area contributed by atoms with E-state index in [1.54, 1.807) is 0 Å². The van der Waals surface area contributed by atoms with Crippen LogP contribution in [0.25, 0.3) is 0 Å². The van der Waals surface area contributed by atoms with E-state index in [4.69, 9.17) is 0 Å². The summed E-state index contributed by atoms with van der Waals surface area (Å²) in [6.07, 6.45) is 3.14. The van der Waals surface area contributed by atoms with Gasteiger partial charge in [0.25, 0.3) is 5.91 Å². The van der Waals surface area contributed by atoms with Gasteiger partial charge in [-0.05, 0) is 66.1 Å². The van der Waals surface area contributed by atoms with Crippen LogP contribution in [0.4, 0.5) is 0 Å². The van der Waals surface area contributed by atoms with Crippen molar-refractivity contribution in [2.75, 3.05) is 19.6 Å². The van der Waals surface area contributed by atoms with Gasteiger partial charge >= 0.3 is 0 Å². The molecule has 2 rings (SSSR count). The molecule has 1 amide bonds. The standard InChI is InChI=1S/C18H31N3O.ClH/c1-6-11-20(16-7-9-19-10-8-16)18(22)17-12-14(4)21(13(2)3)15(17)5;/h12-13,16,19H,6-11H2,1-5H3;1H. The van der Waals surface area contributed by atoms with Crippen molar-refractivity contribution >= 4 is 18.3 Å². The topological polar surface area (TPSA) is 37.3 Å². The fourth-order valence-corrected chi connectivity index (χ4v) is 3.75. The third-order valence-corrected chi connectivity index (χ3v) is 4.71. The summed E-state index contributed by atoms with van der Waals surface area (Å²) in [5.41, 5.74) is 3.17. The molecule has 0 radical (unpaired) electrons. The molecule has 0 aromatic carbocycles. The van der Waals surface area contributed by atoms with Crippen molar-refractivity contribution in [2.24, 2.45) is 0 Å². The first kappa shape index (κ1) is 20.0. The summed E-state index contributed by atoms with van der Waals surface area (Å²) in [7, 11) is 0. The Morgan fingerprint density at radius 2 is 1.96 bits per heavy atom. The monoisotopic (exact) mass is 341 g/mol. The normalized spacial score (nSPS) is 15.6. The predicted molar refractivity (Wildman–Crippen MR) is 98.8 cm³/mol. The summed E-state index contributed by atoms with van der Waals surface area (Å²) in [6.45, 7) is 13.6. The average molecular weight is 342 g/mol. The van der Waals surface area contributed by atoms with Crippen molar-refractivity contribution in [1.29, 1.82) is 0 Å². The second kappa shape index (κ2) is 8.74. The second-order valence-electron chi connectivity index (χ2n) is 6.73. The molecule has 0 unspecified atom stereocenters. The van der Waals surface area contributed by atoms with Gasteiger partial charge in [-0.15, -0.1) is 12.4 Å². The summed E-state index contributed by atoms with van der Waals surface area (Å²) < 4.78 is 2.26. The molecule has 0 atom stereocenters. The Balaban J connectivity index is 0.00000264. The van der Waals surface area contributed by atoms with Crippen molar-refractivity contribution < 1.29 is 4.79 Å². The summed E-state index contributed by atoms with van der Waals surface area (Å²) in [5, 5.41) is 3.39. The lowest BCUT2D eigenvalue weighted by Crippen LogP contribution is -2.46. The average Bonchev–Trinajstić information content (AvgIpc) is 2.80. The van der Waals surface area contributed by atoms with E-state index in [9.17, 15) is 4.79 Å². The van der Waals surface area contributed by atoms with Gasteiger partial charge in [0.1, 0.15) is 0 Å². The largest absolute Gasteiger partial charge is 0.346 e. The number of piperidine rings is 1. The molecule has 1 aromatic rings. The molecule has 1 saturated heterocycles. The van der Waals surface area contributed by atoms with E-state index in [-0.39, 0.29) is 18.3 Å². The minimum absolute atomic E-state index is 0. The highest BCUT2D eigenvalue weighted by Crippen LogP contribution is 2.23. The van der Waals surface area contributed by atoms with Crippen LogP contribution in [0.2, 0.25) is 0 Å². The maximum atomic E-state index is 13.1. The number of aryl methyl sites for hydroxylation is 1. The minimum Gasteiger partial charge on any atom is -0.346 e. The Labute approximate surface area is 147 Å². The van der Waals surface area contributed by atoms with Crippen LogP contribution in [-0.4, -0.2) is 41.1 Å². The van der Waals surface area contributed by atoms with Crippen molar-refractivity contribution in [1.82, 2.24) is 14.8 Å². The molecule has 5 heteroatoms. The molecule has 1 N–H and O–H groups in total. The van der Waals surface area contributed by atoms with Crippen LogP contribution < -0.4 is 5.32 Å². The lowest BCUT2D eigenvalue weighted by molar-refractivity contribution is 0.0642. The highest BCUT2D eigenvalue weighted by molar-refractivity contribution is 5.96. The summed E-state index contributed by atoms with van der Waals surface area (Å²) in [6, 6.07) is 2.84. The quantitative estimate of drug-likeness (QED) is 0.886. The van der Waals surface area contributed by atoms with Crippen LogP contribution in [0, 0.1) is 13.8 Å². The van der Waals surface area contributed by atoms with Crippen molar-refractivity contribution in [3.05, 3.63) is 23.0 Å². The van der Waals surface area contributed by atoms with E-state index in [1.807, 2.05) is 0 Å². The number of amides is 1. The maximum Gasteiger partial charge on any atom is 0.255 e. The van der Waals surface area contributed by atoms with Gasteiger partial charge in [0, 0.05) is 30.0 Å². The molecule has 1 fully saturated rings. The molecule has 1 aliphatic heterocycles. The molecule has 1 aromatic heterocycles. The number of rotatable bonds is 5. The molecule has 0 saturated carbocycles. The summed E-state index contributed by atoms with van der Waals surface area (Å²) in [4.78, 5) is 15.3. The number of aromatic nitrogens is 1. The Morgan fingerprint density at radius 1 is 1.35 bits per heavy atom. The molecule has 132 valence electrons. The highest BCUT2D eigenvalue weighted by atomic mass is 35.5. The fraction of sp³-hybridized carbons (Fsp3) is 0.722. The number of hydrogen-bond donors (Lipinski definition) is 1. The summed E-state index contributed by atoms with van der Waals surface area (Å²) in [5.74, 6) is 0.216. The molecule has 4 nitrogen and oxygen atoms in total. The van der Waals surface area contributed by atoms with Gasteiger partial charge in [0.15, 0.2) is 0 Å². The van der Waals surface area contributed by atoms with Gasteiger partial charge in [-0.2, -0.15) is 0 Å². The highest BCUT2D eigenvalue weighted by Gasteiger charge is 2.28. The van der Waals surface area contributed by atoms with Crippen LogP contribution in [0.5, 0.6) is 0 Å². The molecule has 1 aliphatic rings. The zero-order valence-corrected chi connectivity index (χ0v) is 16.0. The number of carbonyl (C=O) groups excluding carboxylic acids is 1. The van der Waals surface area contributed by atoms with Crippen molar-refractivity contribution in [3.8, 4) is 0 Å². The zero-order chi connectivity index (χ0) is 16.3. The van der Waals surface area contributed by atoms with E-state index in [0.717, 1.165) is 50.2 Å². The van der Waals surface area contributed by atoms with E-state index >= 15 is 0 Å². The Morgan fingerprint density at radius 3 is 2.43 bits per heavy atom. The molecular weight excluding hydrogens is 310 g/mol. The zero-order valence-electron chi connectivity index (χ0n) is 15.2. The molecule has 0 aliphatic carbocycles. The Bertz CT molecular complexity index is 519. The molecule has 0 bridgehead atoms. The van der Waals surface area contributed by atoms with E-state index in [1.165, 1.54) is 5.69 Å². The van der Waals surface area contributed by atoms with Gasteiger partial charge in [0.05, 0.1) is 5.56 Å². The van der Waals surface area contributed by atoms with Gasteiger partial charge in [-0.3, -0.25) is 4.79 Å². The molecular formula is C18H32ClN3O. The van der Waals surface area contributed by atoms with Crippen LogP contribution >= 0.6 is 12.4 Å². The smallest absolute Gasteiger partial charge is 0.255 e. The maximum absolute atomic E-state index is 13.1. The SMILES string of the molecule is CCCN(C(=O)c1cc(C)n(C(C)C)c1C)C1CCNCC1.Cl. The number of halogens is 1. The first-order valence-corrected chi connectivity index (χ1v) is 8.67. The number of hydrogen-bond acceptors (Lipinski definition) is 2. The third kappa shape index (κ3) is 4.30. The van der Waals surface area contributed by atoms with Gasteiger partial charge in [-0.25, -0.2) is 0 Å². The fourth-order valence-electron chi connectivity index (χ4n) is 3.75. The van der Waals surface area contributed by atoms with Crippen LogP contribution in [-0.2, 0) is 0 Å². The third-order valence-electron chi connectivity index (χ3n) is 4.71. The molecule has 23 heavy (non-hydrogen) atoms. The first-order valence-electron chi connectivity index (χ1n) is 8.67. The van der Waals surface area contributed by atoms with Crippen molar-refractivity contribution in [3.63, 3.8) is 0 Å². The van der Waals surface area contributed by atoms with Gasteiger partial charge in [0.2, 0.25) is 0 Å². The number of nitrogens with zero attached hydrogens (tertiary/aromatic N) is 2. The first-order chi connectivity index (χ1) is 10.5. The van der Waals surface area contributed by atoms with E-state index in [0.29, 0.717) is 12.1 Å². The lowest BCUT2D eigenvalue weighted by atomic mass is 10.0. The van der Waals surface area contributed by atoms with Crippen LogP contribution in [0.1, 0.15) is 67.8 Å². The summed E-state index contributed by atoms with van der Waals surface area (Å²) >= 11 is 0. The van der Waals surface area contributed by atoms with Crippen LogP contribution in [0.15, 0.2) is 6.07 Å². The predicted octanol–water partition coefficient (Wildman–Crippen LogP) is 3.71. The van der Waals surface area contributed by atoms with Crippen molar-refractivity contribution in [2.45, 2.75) is 66.0 Å². The molecule has 2 heterocycles. The van der Waals surface area contributed by atoms with Crippen LogP contribution in [0.3, 0.4) is 0 Å². The van der Waals surface area contributed by atoms with E-state index in [2.05, 4.69) is 55.5 Å².